The van der Waals surface area contributed by atoms with Gasteiger partial charge in [0.1, 0.15) is 0 Å². The minimum absolute atomic E-state index is 0.108. The fourth-order valence-corrected chi connectivity index (χ4v) is 2.75. The van der Waals surface area contributed by atoms with Crippen LogP contribution in [0, 0.1) is 11.3 Å². The van der Waals surface area contributed by atoms with Gasteiger partial charge < -0.3 is 10.2 Å². The van der Waals surface area contributed by atoms with Gasteiger partial charge in [0, 0.05) is 30.4 Å². The Hall–Kier alpha value is -3.91. The first-order valence-corrected chi connectivity index (χ1v) is 8.78. The number of nitrogens with zero attached hydrogens (tertiary/aromatic N) is 2. The Balaban J connectivity index is 1.64. The van der Waals surface area contributed by atoms with Crippen LogP contribution in [0.4, 0.5) is 5.69 Å². The van der Waals surface area contributed by atoms with Gasteiger partial charge in [-0.2, -0.15) is 5.26 Å². The van der Waals surface area contributed by atoms with Crippen molar-refractivity contribution in [3.05, 3.63) is 101 Å². The number of rotatable bonds is 5. The molecule has 3 aromatic rings. The maximum atomic E-state index is 12.6. The van der Waals surface area contributed by atoms with Crippen molar-refractivity contribution in [1.82, 2.24) is 4.90 Å². The number of nitrogens with one attached hydrogen (secondary N) is 1. The topological polar surface area (TPSA) is 73.2 Å². The summed E-state index contributed by atoms with van der Waals surface area (Å²) in [5, 5.41) is 11.6. The van der Waals surface area contributed by atoms with E-state index in [4.69, 9.17) is 5.26 Å². The zero-order chi connectivity index (χ0) is 19.9. The molecular formula is C23H19N3O2. The zero-order valence-corrected chi connectivity index (χ0v) is 15.4. The molecule has 0 aliphatic rings. The standard InChI is InChI=1S/C23H19N3O2/c1-26(16-18-5-3-2-4-6-18)23(28)20-11-9-19(10-12-20)22(27)25-21-13-7-17(15-24)8-14-21/h2-14H,16H2,1H3,(H,25,27). The predicted octanol–water partition coefficient (Wildman–Crippen LogP) is 4.08. The summed E-state index contributed by atoms with van der Waals surface area (Å²) in [4.78, 5) is 26.6. The Morgan fingerprint density at radius 2 is 1.50 bits per heavy atom. The number of nitriles is 1. The van der Waals surface area contributed by atoms with Gasteiger partial charge in [0.15, 0.2) is 0 Å². The number of benzene rings is 3. The van der Waals surface area contributed by atoms with Gasteiger partial charge in [-0.1, -0.05) is 30.3 Å². The lowest BCUT2D eigenvalue weighted by Gasteiger charge is -2.17. The molecule has 0 bridgehead atoms. The molecule has 3 aromatic carbocycles. The van der Waals surface area contributed by atoms with Crippen molar-refractivity contribution in [1.29, 1.82) is 5.26 Å². The molecule has 5 nitrogen and oxygen atoms in total. The van der Waals surface area contributed by atoms with Crippen LogP contribution in [0.15, 0.2) is 78.9 Å². The number of hydrogen-bond acceptors (Lipinski definition) is 3. The number of carbonyl (C=O) groups is 2. The van der Waals surface area contributed by atoms with E-state index in [9.17, 15) is 9.59 Å². The normalized spacial score (nSPS) is 10.0. The lowest BCUT2D eigenvalue weighted by Crippen LogP contribution is -2.26. The van der Waals surface area contributed by atoms with Gasteiger partial charge >= 0.3 is 0 Å². The Kier molecular flexibility index (Phi) is 5.83. The largest absolute Gasteiger partial charge is 0.337 e. The van der Waals surface area contributed by atoms with E-state index < -0.39 is 0 Å². The van der Waals surface area contributed by atoms with Gasteiger partial charge in [-0.15, -0.1) is 0 Å². The van der Waals surface area contributed by atoms with Gasteiger partial charge in [0.25, 0.3) is 11.8 Å². The summed E-state index contributed by atoms with van der Waals surface area (Å²) < 4.78 is 0. The summed E-state index contributed by atoms with van der Waals surface area (Å²) in [6, 6.07) is 25.0. The molecule has 0 saturated carbocycles. The molecule has 0 aromatic heterocycles. The Morgan fingerprint density at radius 3 is 2.11 bits per heavy atom. The second-order valence-corrected chi connectivity index (χ2v) is 6.37. The SMILES string of the molecule is CN(Cc1ccccc1)C(=O)c1ccc(C(=O)Nc2ccc(C#N)cc2)cc1. The second kappa shape index (κ2) is 8.65. The van der Waals surface area contributed by atoms with Crippen molar-refractivity contribution in [2.75, 3.05) is 12.4 Å². The third kappa shape index (κ3) is 4.63. The highest BCUT2D eigenvalue weighted by atomic mass is 16.2. The van der Waals surface area contributed by atoms with Crippen LogP contribution in [0.3, 0.4) is 0 Å². The quantitative estimate of drug-likeness (QED) is 0.736. The molecule has 138 valence electrons. The third-order valence-corrected chi connectivity index (χ3v) is 4.28. The molecular weight excluding hydrogens is 350 g/mol. The van der Waals surface area contributed by atoms with Crippen LogP contribution in [0.1, 0.15) is 31.8 Å². The fourth-order valence-electron chi connectivity index (χ4n) is 2.75. The predicted molar refractivity (Wildman–Crippen MR) is 108 cm³/mol. The van der Waals surface area contributed by atoms with Crippen molar-refractivity contribution < 1.29 is 9.59 Å². The molecule has 0 heterocycles. The first-order chi connectivity index (χ1) is 13.6. The summed E-state index contributed by atoms with van der Waals surface area (Å²) in [7, 11) is 1.75. The highest BCUT2D eigenvalue weighted by molar-refractivity contribution is 6.05. The highest BCUT2D eigenvalue weighted by Crippen LogP contribution is 2.13. The third-order valence-electron chi connectivity index (χ3n) is 4.28. The minimum Gasteiger partial charge on any atom is -0.337 e. The van der Waals surface area contributed by atoms with Gasteiger partial charge in [0.2, 0.25) is 0 Å². The van der Waals surface area contributed by atoms with Crippen LogP contribution in [0.25, 0.3) is 0 Å². The Labute approximate surface area is 163 Å². The van der Waals surface area contributed by atoms with Crippen molar-refractivity contribution in [3.63, 3.8) is 0 Å². The first-order valence-electron chi connectivity index (χ1n) is 8.78. The van der Waals surface area contributed by atoms with E-state index in [0.717, 1.165) is 5.56 Å². The smallest absolute Gasteiger partial charge is 0.255 e. The summed E-state index contributed by atoms with van der Waals surface area (Å²) in [6.07, 6.45) is 0. The lowest BCUT2D eigenvalue weighted by molar-refractivity contribution is 0.0784. The van der Waals surface area contributed by atoms with E-state index in [-0.39, 0.29) is 11.8 Å². The van der Waals surface area contributed by atoms with Crippen LogP contribution in [0.2, 0.25) is 0 Å². The Morgan fingerprint density at radius 1 is 0.893 bits per heavy atom. The monoisotopic (exact) mass is 369 g/mol. The van der Waals surface area contributed by atoms with Crippen LogP contribution in [-0.2, 0) is 6.54 Å². The second-order valence-electron chi connectivity index (χ2n) is 6.37. The van der Waals surface area contributed by atoms with E-state index in [1.807, 2.05) is 36.4 Å². The number of carbonyl (C=O) groups excluding carboxylic acids is 2. The molecule has 5 heteroatoms. The lowest BCUT2D eigenvalue weighted by atomic mass is 10.1. The van der Waals surface area contributed by atoms with Gasteiger partial charge in [-0.05, 0) is 54.1 Å². The molecule has 0 aliphatic carbocycles. The number of hydrogen-bond donors (Lipinski definition) is 1. The molecule has 0 fully saturated rings. The zero-order valence-electron chi connectivity index (χ0n) is 15.4. The van der Waals surface area contributed by atoms with Crippen molar-refractivity contribution >= 4 is 17.5 Å². The fraction of sp³-hybridized carbons (Fsp3) is 0.0870. The van der Waals surface area contributed by atoms with E-state index >= 15 is 0 Å². The minimum atomic E-state index is -0.277. The van der Waals surface area contributed by atoms with Crippen LogP contribution >= 0.6 is 0 Å². The van der Waals surface area contributed by atoms with E-state index in [1.165, 1.54) is 0 Å². The van der Waals surface area contributed by atoms with Crippen LogP contribution in [-0.4, -0.2) is 23.8 Å². The van der Waals surface area contributed by atoms with Crippen molar-refractivity contribution in [2.24, 2.45) is 0 Å². The molecule has 1 N–H and O–H groups in total. The van der Waals surface area contributed by atoms with E-state index in [2.05, 4.69) is 5.32 Å². The van der Waals surface area contributed by atoms with Crippen molar-refractivity contribution in [3.8, 4) is 6.07 Å². The van der Waals surface area contributed by atoms with Gasteiger partial charge in [-0.3, -0.25) is 9.59 Å². The van der Waals surface area contributed by atoms with Crippen LogP contribution in [0.5, 0.6) is 0 Å². The average Bonchev–Trinajstić information content (AvgIpc) is 2.74. The van der Waals surface area contributed by atoms with Gasteiger partial charge in [-0.25, -0.2) is 0 Å². The van der Waals surface area contributed by atoms with E-state index in [0.29, 0.717) is 28.9 Å². The summed E-state index contributed by atoms with van der Waals surface area (Å²) in [5.74, 6) is -0.385. The van der Waals surface area contributed by atoms with Gasteiger partial charge in [0.05, 0.1) is 11.6 Å². The van der Waals surface area contributed by atoms with Crippen molar-refractivity contribution in [2.45, 2.75) is 6.54 Å². The van der Waals surface area contributed by atoms with Crippen LogP contribution < -0.4 is 5.32 Å². The Bertz CT molecular complexity index is 1000. The average molecular weight is 369 g/mol. The summed E-state index contributed by atoms with van der Waals surface area (Å²) >= 11 is 0. The summed E-state index contributed by atoms with van der Waals surface area (Å²) in [5.41, 5.74) is 3.16. The molecule has 0 spiro atoms. The molecule has 0 unspecified atom stereocenters. The molecule has 0 radical (unpaired) electrons. The molecule has 0 atom stereocenters. The molecule has 0 saturated heterocycles. The number of amides is 2. The molecule has 2 amide bonds. The highest BCUT2D eigenvalue weighted by Gasteiger charge is 2.13. The summed E-state index contributed by atoms with van der Waals surface area (Å²) in [6.45, 7) is 0.514. The van der Waals surface area contributed by atoms with E-state index in [1.54, 1.807) is 60.5 Å². The molecule has 28 heavy (non-hydrogen) atoms. The molecule has 3 rings (SSSR count). The molecule has 0 aliphatic heterocycles. The first kappa shape index (κ1) is 18.9. The number of anilines is 1. The maximum absolute atomic E-state index is 12.6. The maximum Gasteiger partial charge on any atom is 0.255 e.